The van der Waals surface area contributed by atoms with Crippen LogP contribution in [0.1, 0.15) is 50.5 Å². The number of ether oxygens (including phenoxy) is 1. The first-order valence-electron chi connectivity index (χ1n) is 9.56. The third-order valence-corrected chi connectivity index (χ3v) is 5.92. The molecule has 2 N–H and O–H groups in total. The van der Waals surface area contributed by atoms with Crippen LogP contribution in [0.2, 0.25) is 5.02 Å². The molecular formula is C20H26ClF2NO3. The number of carbonyl (C=O) groups is 1. The minimum atomic E-state index is -2.81. The monoisotopic (exact) mass is 401 g/mol. The van der Waals surface area contributed by atoms with E-state index in [-0.39, 0.29) is 19.3 Å². The molecule has 1 aliphatic carbocycles. The molecule has 4 nitrogen and oxygen atoms in total. The van der Waals surface area contributed by atoms with Crippen LogP contribution in [0.3, 0.4) is 0 Å². The fourth-order valence-corrected chi connectivity index (χ4v) is 4.06. The topological polar surface area (TPSA) is 58.6 Å². The van der Waals surface area contributed by atoms with Gasteiger partial charge in [-0.1, -0.05) is 23.7 Å². The van der Waals surface area contributed by atoms with E-state index in [0.717, 1.165) is 25.9 Å². The number of hydrogen-bond acceptors (Lipinski definition) is 4. The smallest absolute Gasteiger partial charge is 0.343 e. The molecular weight excluding hydrogens is 376 g/mol. The maximum Gasteiger partial charge on any atom is 0.343 e. The average Bonchev–Trinajstić information content (AvgIpc) is 2.99. The SMILES string of the molecule is O=C(O[C@@H]1CCC(F)(F)C1)[C@@](O)(CCC1CCNCC1)c1ccc(Cl)cc1. The highest BCUT2D eigenvalue weighted by Gasteiger charge is 2.45. The van der Waals surface area contributed by atoms with Crippen molar-refractivity contribution in [2.75, 3.05) is 13.1 Å². The zero-order chi connectivity index (χ0) is 19.5. The standard InChI is InChI=1S/C20H26ClF2NO3/c21-16-3-1-15(2-4-16)20(26,10-5-14-7-11-24-12-8-14)18(25)27-17-6-9-19(22,23)13-17/h1-4,14,17,24,26H,5-13H2/t17-,20-/m1/s1. The Bertz CT molecular complexity index is 649. The van der Waals surface area contributed by atoms with Crippen LogP contribution in [-0.4, -0.2) is 36.2 Å². The second kappa shape index (κ2) is 8.41. The second-order valence-corrected chi connectivity index (χ2v) is 8.16. The van der Waals surface area contributed by atoms with Crippen molar-refractivity contribution < 1.29 is 23.4 Å². The third kappa shape index (κ3) is 5.18. The fraction of sp³-hybridized carbons (Fsp3) is 0.650. The van der Waals surface area contributed by atoms with Gasteiger partial charge in [0, 0.05) is 17.9 Å². The fourth-order valence-electron chi connectivity index (χ4n) is 3.93. The Balaban J connectivity index is 1.73. The van der Waals surface area contributed by atoms with Crippen molar-refractivity contribution in [3.05, 3.63) is 34.9 Å². The number of piperidine rings is 1. The quantitative estimate of drug-likeness (QED) is 0.706. The molecule has 2 aliphatic rings. The van der Waals surface area contributed by atoms with Crippen LogP contribution in [0.15, 0.2) is 24.3 Å². The van der Waals surface area contributed by atoms with Gasteiger partial charge in [0.15, 0.2) is 5.60 Å². The molecule has 1 aliphatic heterocycles. The largest absolute Gasteiger partial charge is 0.460 e. The molecule has 3 rings (SSSR count). The Labute approximate surface area is 163 Å². The van der Waals surface area contributed by atoms with Crippen molar-refractivity contribution in [3.8, 4) is 0 Å². The van der Waals surface area contributed by atoms with Crippen LogP contribution in [0.25, 0.3) is 0 Å². The van der Waals surface area contributed by atoms with Gasteiger partial charge in [0.25, 0.3) is 5.92 Å². The number of nitrogens with one attached hydrogen (secondary N) is 1. The molecule has 1 aromatic carbocycles. The van der Waals surface area contributed by atoms with Crippen LogP contribution in [-0.2, 0) is 15.1 Å². The van der Waals surface area contributed by atoms with Gasteiger partial charge in [-0.15, -0.1) is 0 Å². The van der Waals surface area contributed by atoms with Crippen molar-refractivity contribution in [2.24, 2.45) is 5.92 Å². The summed E-state index contributed by atoms with van der Waals surface area (Å²) in [5.41, 5.74) is -1.47. The molecule has 0 amide bonds. The summed E-state index contributed by atoms with van der Waals surface area (Å²) in [6, 6.07) is 6.39. The van der Waals surface area contributed by atoms with Gasteiger partial charge in [-0.3, -0.25) is 0 Å². The van der Waals surface area contributed by atoms with Crippen LogP contribution in [0.4, 0.5) is 8.78 Å². The highest BCUT2D eigenvalue weighted by atomic mass is 35.5. The zero-order valence-corrected chi connectivity index (χ0v) is 16.0. The Hall–Kier alpha value is -1.24. The summed E-state index contributed by atoms with van der Waals surface area (Å²) < 4.78 is 32.2. The van der Waals surface area contributed by atoms with Gasteiger partial charge in [-0.2, -0.15) is 0 Å². The number of alkyl halides is 2. The van der Waals surface area contributed by atoms with E-state index in [1.807, 2.05) is 0 Å². The molecule has 1 heterocycles. The van der Waals surface area contributed by atoms with Gasteiger partial charge in [-0.05, 0) is 68.8 Å². The number of aliphatic hydroxyl groups is 1. The highest BCUT2D eigenvalue weighted by Crippen LogP contribution is 2.39. The van der Waals surface area contributed by atoms with Gasteiger partial charge >= 0.3 is 5.97 Å². The van der Waals surface area contributed by atoms with Crippen molar-refractivity contribution in [1.29, 1.82) is 0 Å². The lowest BCUT2D eigenvalue weighted by Gasteiger charge is -2.31. The van der Waals surface area contributed by atoms with E-state index in [1.54, 1.807) is 24.3 Å². The molecule has 0 unspecified atom stereocenters. The number of rotatable bonds is 6. The molecule has 7 heteroatoms. The van der Waals surface area contributed by atoms with E-state index in [2.05, 4.69) is 5.32 Å². The van der Waals surface area contributed by atoms with E-state index in [9.17, 15) is 18.7 Å². The molecule has 0 radical (unpaired) electrons. The van der Waals surface area contributed by atoms with Crippen LogP contribution in [0.5, 0.6) is 0 Å². The van der Waals surface area contributed by atoms with Crippen molar-refractivity contribution >= 4 is 17.6 Å². The summed E-state index contributed by atoms with van der Waals surface area (Å²) in [5, 5.41) is 15.0. The number of halogens is 3. The van der Waals surface area contributed by atoms with Crippen molar-refractivity contribution in [2.45, 2.75) is 62.6 Å². The molecule has 27 heavy (non-hydrogen) atoms. The average molecular weight is 402 g/mol. The lowest BCUT2D eigenvalue weighted by molar-refractivity contribution is -0.174. The lowest BCUT2D eigenvalue weighted by atomic mass is 9.83. The number of carbonyl (C=O) groups excluding carboxylic acids is 1. The van der Waals surface area contributed by atoms with Crippen LogP contribution < -0.4 is 5.32 Å². The minimum Gasteiger partial charge on any atom is -0.460 e. The highest BCUT2D eigenvalue weighted by molar-refractivity contribution is 6.30. The molecule has 2 fully saturated rings. The molecule has 1 saturated heterocycles. The molecule has 0 aromatic heterocycles. The van der Waals surface area contributed by atoms with E-state index in [1.165, 1.54) is 0 Å². The molecule has 2 atom stereocenters. The Kier molecular flexibility index (Phi) is 6.39. The summed E-state index contributed by atoms with van der Waals surface area (Å²) in [4.78, 5) is 12.8. The van der Waals surface area contributed by atoms with Crippen LogP contribution >= 0.6 is 11.6 Å². The molecule has 1 saturated carbocycles. The summed E-state index contributed by atoms with van der Waals surface area (Å²) in [6.07, 6.45) is 1.32. The van der Waals surface area contributed by atoms with E-state index in [0.29, 0.717) is 22.9 Å². The lowest BCUT2D eigenvalue weighted by Crippen LogP contribution is -2.40. The van der Waals surface area contributed by atoms with Crippen molar-refractivity contribution in [1.82, 2.24) is 5.32 Å². The van der Waals surface area contributed by atoms with Gasteiger partial charge in [0.2, 0.25) is 0 Å². The summed E-state index contributed by atoms with van der Waals surface area (Å²) in [5.74, 6) is -3.24. The summed E-state index contributed by atoms with van der Waals surface area (Å²) >= 11 is 5.92. The van der Waals surface area contributed by atoms with Crippen LogP contribution in [0, 0.1) is 5.92 Å². The third-order valence-electron chi connectivity index (χ3n) is 5.66. The number of hydrogen-bond donors (Lipinski definition) is 2. The first kappa shape index (κ1) is 20.5. The van der Waals surface area contributed by atoms with E-state index >= 15 is 0 Å². The van der Waals surface area contributed by atoms with Gasteiger partial charge in [0.1, 0.15) is 6.10 Å². The van der Waals surface area contributed by atoms with E-state index < -0.39 is 30.0 Å². The van der Waals surface area contributed by atoms with Crippen molar-refractivity contribution in [3.63, 3.8) is 0 Å². The predicted molar refractivity (Wildman–Crippen MR) is 98.9 cm³/mol. The molecule has 0 spiro atoms. The maximum absolute atomic E-state index is 13.4. The molecule has 0 bridgehead atoms. The summed E-state index contributed by atoms with van der Waals surface area (Å²) in [7, 11) is 0. The Morgan fingerprint density at radius 3 is 2.52 bits per heavy atom. The van der Waals surface area contributed by atoms with Gasteiger partial charge in [-0.25, -0.2) is 13.6 Å². The molecule has 150 valence electrons. The molecule has 1 aromatic rings. The van der Waals surface area contributed by atoms with Gasteiger partial charge < -0.3 is 15.2 Å². The second-order valence-electron chi connectivity index (χ2n) is 7.73. The minimum absolute atomic E-state index is 0.115. The van der Waals surface area contributed by atoms with E-state index in [4.69, 9.17) is 16.3 Å². The normalized spacial score (nSPS) is 25.1. The maximum atomic E-state index is 13.4. The predicted octanol–water partition coefficient (Wildman–Crippen LogP) is 4.04. The first-order valence-corrected chi connectivity index (χ1v) is 9.94. The summed E-state index contributed by atoms with van der Waals surface area (Å²) in [6.45, 7) is 1.84. The Morgan fingerprint density at radius 2 is 1.93 bits per heavy atom. The Morgan fingerprint density at radius 1 is 1.26 bits per heavy atom. The zero-order valence-electron chi connectivity index (χ0n) is 15.2. The number of esters is 1. The first-order chi connectivity index (χ1) is 12.8. The number of benzene rings is 1. The van der Waals surface area contributed by atoms with Gasteiger partial charge in [0.05, 0.1) is 0 Å².